The number of nitrogens with zero attached hydrogens (tertiary/aromatic N) is 1. The molecule has 1 aliphatic carbocycles. The minimum Gasteiger partial charge on any atom is -0.389 e. The molecule has 0 aromatic heterocycles. The first-order valence-corrected chi connectivity index (χ1v) is 8.16. The summed E-state index contributed by atoms with van der Waals surface area (Å²) < 4.78 is 0. The Kier molecular flexibility index (Phi) is 4.91. The molecule has 112 valence electrons. The van der Waals surface area contributed by atoms with Gasteiger partial charge in [0.1, 0.15) is 0 Å². The highest BCUT2D eigenvalue weighted by Gasteiger charge is 2.51. The van der Waals surface area contributed by atoms with Gasteiger partial charge in [-0.25, -0.2) is 0 Å². The van der Waals surface area contributed by atoms with Gasteiger partial charge < -0.3 is 15.7 Å². The van der Waals surface area contributed by atoms with Gasteiger partial charge in [0, 0.05) is 18.5 Å². The Morgan fingerprint density at radius 1 is 1.21 bits per heavy atom. The third-order valence-electron chi connectivity index (χ3n) is 5.94. The van der Waals surface area contributed by atoms with Gasteiger partial charge in [-0.1, -0.05) is 26.2 Å². The van der Waals surface area contributed by atoms with Crippen molar-refractivity contribution in [3.8, 4) is 0 Å². The Labute approximate surface area is 118 Å². The van der Waals surface area contributed by atoms with Gasteiger partial charge in [-0.2, -0.15) is 0 Å². The summed E-state index contributed by atoms with van der Waals surface area (Å²) in [5.41, 5.74) is 5.64. The number of hydrogen-bond acceptors (Lipinski definition) is 3. The van der Waals surface area contributed by atoms with E-state index in [9.17, 15) is 5.11 Å². The molecule has 0 spiro atoms. The van der Waals surface area contributed by atoms with E-state index >= 15 is 0 Å². The molecule has 1 aliphatic heterocycles. The molecule has 3 N–H and O–H groups in total. The summed E-state index contributed by atoms with van der Waals surface area (Å²) in [4.78, 5) is 2.35. The number of hydrogen-bond donors (Lipinski definition) is 2. The molecular weight excluding hydrogens is 236 g/mol. The molecule has 3 nitrogen and oxygen atoms in total. The Balaban J connectivity index is 2.18. The van der Waals surface area contributed by atoms with Crippen molar-refractivity contribution >= 4 is 0 Å². The summed E-state index contributed by atoms with van der Waals surface area (Å²) >= 11 is 0. The van der Waals surface area contributed by atoms with E-state index < -0.39 is 5.60 Å². The standard InChI is InChI=1S/C16H32N2O/c1-3-14-6-4-7-15(12-14,13-17)16(19)8-5-10-18(2)11-9-16/h14,19H,3-13,17H2,1-2H3. The third-order valence-corrected chi connectivity index (χ3v) is 5.94. The largest absolute Gasteiger partial charge is 0.389 e. The molecule has 3 atom stereocenters. The zero-order valence-corrected chi connectivity index (χ0v) is 12.8. The topological polar surface area (TPSA) is 49.5 Å². The number of aliphatic hydroxyl groups is 1. The van der Waals surface area contributed by atoms with E-state index in [1.165, 1.54) is 19.3 Å². The number of likely N-dealkylation sites (tertiary alicyclic amines) is 1. The van der Waals surface area contributed by atoms with Crippen molar-refractivity contribution in [2.24, 2.45) is 17.1 Å². The average molecular weight is 268 g/mol. The second-order valence-corrected chi connectivity index (χ2v) is 7.04. The van der Waals surface area contributed by atoms with Crippen molar-refractivity contribution in [2.45, 2.75) is 63.9 Å². The predicted octanol–water partition coefficient (Wildman–Crippen LogP) is 2.38. The van der Waals surface area contributed by atoms with Crippen molar-refractivity contribution in [3.05, 3.63) is 0 Å². The summed E-state index contributed by atoms with van der Waals surface area (Å²) in [6, 6.07) is 0. The first-order valence-electron chi connectivity index (χ1n) is 8.16. The lowest BCUT2D eigenvalue weighted by atomic mass is 9.58. The summed E-state index contributed by atoms with van der Waals surface area (Å²) in [5.74, 6) is 0.766. The predicted molar refractivity (Wildman–Crippen MR) is 80.0 cm³/mol. The minimum absolute atomic E-state index is 0.0168. The lowest BCUT2D eigenvalue weighted by Crippen LogP contribution is -2.55. The smallest absolute Gasteiger partial charge is 0.0728 e. The first-order chi connectivity index (χ1) is 9.05. The van der Waals surface area contributed by atoms with Crippen molar-refractivity contribution in [2.75, 3.05) is 26.7 Å². The molecule has 0 aromatic carbocycles. The Hall–Kier alpha value is -0.120. The lowest BCUT2D eigenvalue weighted by Gasteiger charge is -2.51. The van der Waals surface area contributed by atoms with E-state index in [-0.39, 0.29) is 5.41 Å². The van der Waals surface area contributed by atoms with Crippen molar-refractivity contribution in [1.29, 1.82) is 0 Å². The van der Waals surface area contributed by atoms with E-state index in [1.54, 1.807) is 0 Å². The van der Waals surface area contributed by atoms with Gasteiger partial charge in [0.2, 0.25) is 0 Å². The number of rotatable bonds is 3. The molecule has 0 bridgehead atoms. The van der Waals surface area contributed by atoms with Crippen LogP contribution in [0.3, 0.4) is 0 Å². The van der Waals surface area contributed by atoms with Crippen LogP contribution in [0.15, 0.2) is 0 Å². The maximum absolute atomic E-state index is 11.4. The second-order valence-electron chi connectivity index (χ2n) is 7.04. The van der Waals surface area contributed by atoms with Crippen LogP contribution < -0.4 is 5.73 Å². The fourth-order valence-electron chi connectivity index (χ4n) is 4.42. The highest BCUT2D eigenvalue weighted by atomic mass is 16.3. The highest BCUT2D eigenvalue weighted by molar-refractivity contribution is 5.03. The van der Waals surface area contributed by atoms with E-state index in [0.717, 1.165) is 51.1 Å². The molecule has 0 radical (unpaired) electrons. The average Bonchev–Trinajstić information content (AvgIpc) is 2.61. The van der Waals surface area contributed by atoms with Gasteiger partial charge in [-0.05, 0) is 51.6 Å². The normalized spacial score (nSPS) is 42.0. The third kappa shape index (κ3) is 2.98. The van der Waals surface area contributed by atoms with Gasteiger partial charge >= 0.3 is 0 Å². The van der Waals surface area contributed by atoms with Crippen molar-refractivity contribution in [3.63, 3.8) is 0 Å². The molecule has 0 aromatic rings. The Morgan fingerprint density at radius 3 is 2.68 bits per heavy atom. The van der Waals surface area contributed by atoms with Gasteiger partial charge in [0.05, 0.1) is 5.60 Å². The highest BCUT2D eigenvalue weighted by Crippen LogP contribution is 2.50. The molecule has 2 fully saturated rings. The Bertz CT molecular complexity index is 296. The van der Waals surface area contributed by atoms with Crippen LogP contribution in [0.4, 0.5) is 0 Å². The summed E-state index contributed by atoms with van der Waals surface area (Å²) in [5, 5.41) is 11.4. The van der Waals surface area contributed by atoms with E-state index in [2.05, 4.69) is 18.9 Å². The SMILES string of the molecule is CCC1CCCC(CN)(C2(O)CCCN(C)CC2)C1. The van der Waals surface area contributed by atoms with Crippen molar-refractivity contribution in [1.82, 2.24) is 4.90 Å². The van der Waals surface area contributed by atoms with Crippen LogP contribution >= 0.6 is 0 Å². The van der Waals surface area contributed by atoms with E-state index in [1.807, 2.05) is 0 Å². The summed E-state index contributed by atoms with van der Waals surface area (Å²) in [6.45, 7) is 5.06. The maximum Gasteiger partial charge on any atom is 0.0728 e. The molecule has 1 saturated heterocycles. The fourth-order valence-corrected chi connectivity index (χ4v) is 4.42. The summed E-state index contributed by atoms with van der Waals surface area (Å²) in [6.07, 6.45) is 9.01. The van der Waals surface area contributed by atoms with Crippen LogP contribution in [0.5, 0.6) is 0 Å². The van der Waals surface area contributed by atoms with Crippen LogP contribution in [0.2, 0.25) is 0 Å². The molecular formula is C16H32N2O. The minimum atomic E-state index is -0.527. The van der Waals surface area contributed by atoms with Gasteiger partial charge in [-0.15, -0.1) is 0 Å². The van der Waals surface area contributed by atoms with Gasteiger partial charge in [0.25, 0.3) is 0 Å². The van der Waals surface area contributed by atoms with E-state index in [0.29, 0.717) is 6.54 Å². The number of nitrogens with two attached hydrogens (primary N) is 1. The lowest BCUT2D eigenvalue weighted by molar-refractivity contribution is -0.117. The molecule has 3 heteroatoms. The monoisotopic (exact) mass is 268 g/mol. The molecule has 19 heavy (non-hydrogen) atoms. The van der Waals surface area contributed by atoms with Crippen LogP contribution in [-0.2, 0) is 0 Å². The van der Waals surface area contributed by atoms with Crippen LogP contribution in [0.25, 0.3) is 0 Å². The summed E-state index contributed by atoms with van der Waals surface area (Å²) in [7, 11) is 2.16. The molecule has 1 saturated carbocycles. The first kappa shape index (κ1) is 15.3. The van der Waals surface area contributed by atoms with Crippen molar-refractivity contribution < 1.29 is 5.11 Å². The zero-order chi connectivity index (χ0) is 13.9. The van der Waals surface area contributed by atoms with Gasteiger partial charge in [-0.3, -0.25) is 0 Å². The molecule has 2 aliphatic rings. The van der Waals surface area contributed by atoms with Gasteiger partial charge in [0.15, 0.2) is 0 Å². The van der Waals surface area contributed by atoms with Crippen LogP contribution in [-0.4, -0.2) is 42.3 Å². The zero-order valence-electron chi connectivity index (χ0n) is 12.8. The molecule has 3 unspecified atom stereocenters. The maximum atomic E-state index is 11.4. The molecule has 1 heterocycles. The molecule has 2 rings (SSSR count). The van der Waals surface area contributed by atoms with Crippen LogP contribution in [0, 0.1) is 11.3 Å². The molecule has 0 amide bonds. The van der Waals surface area contributed by atoms with E-state index in [4.69, 9.17) is 5.73 Å². The second kappa shape index (κ2) is 6.11. The fraction of sp³-hybridized carbons (Fsp3) is 1.00. The van der Waals surface area contributed by atoms with Crippen LogP contribution in [0.1, 0.15) is 58.3 Å². The Morgan fingerprint density at radius 2 is 2.00 bits per heavy atom. The quantitative estimate of drug-likeness (QED) is 0.826.